The number of para-hydroxylation sites is 2. The number of pyridine rings is 1. The number of rotatable bonds is 3. The quantitative estimate of drug-likeness (QED) is 0.408. The van der Waals surface area contributed by atoms with Gasteiger partial charge in [-0.2, -0.15) is 0 Å². The molecule has 0 bridgehead atoms. The van der Waals surface area contributed by atoms with Gasteiger partial charge >= 0.3 is 0 Å². The maximum atomic E-state index is 14.2. The first-order valence-corrected chi connectivity index (χ1v) is 10.9. The summed E-state index contributed by atoms with van der Waals surface area (Å²) in [5, 5.41) is 1.44. The SMILES string of the molecule is O=C(c1cc(-c2cccc(Cl)c2)nc2ccccc12)N1CCN(c2ccccc2F)CC1. The van der Waals surface area contributed by atoms with Crippen LogP contribution in [0.4, 0.5) is 10.1 Å². The minimum Gasteiger partial charge on any atom is -0.366 e. The highest BCUT2D eigenvalue weighted by atomic mass is 35.5. The summed E-state index contributed by atoms with van der Waals surface area (Å²) in [6.07, 6.45) is 0. The zero-order valence-electron chi connectivity index (χ0n) is 17.3. The van der Waals surface area contributed by atoms with Crippen LogP contribution in [0, 0.1) is 5.82 Å². The van der Waals surface area contributed by atoms with Crippen molar-refractivity contribution >= 4 is 34.1 Å². The third kappa shape index (κ3) is 3.92. The van der Waals surface area contributed by atoms with E-state index in [2.05, 4.69) is 0 Å². The average molecular weight is 446 g/mol. The second-order valence-corrected chi connectivity index (χ2v) is 8.25. The van der Waals surface area contributed by atoms with Crippen LogP contribution in [0.5, 0.6) is 0 Å². The van der Waals surface area contributed by atoms with Crippen LogP contribution in [0.25, 0.3) is 22.2 Å². The fourth-order valence-electron chi connectivity index (χ4n) is 4.18. The van der Waals surface area contributed by atoms with Gasteiger partial charge in [-0.25, -0.2) is 9.37 Å². The lowest BCUT2D eigenvalue weighted by Gasteiger charge is -2.36. The molecule has 0 aliphatic carbocycles. The Hall–Kier alpha value is -3.44. The molecule has 1 aliphatic heterocycles. The molecule has 32 heavy (non-hydrogen) atoms. The predicted molar refractivity (Wildman–Crippen MR) is 127 cm³/mol. The van der Waals surface area contributed by atoms with Gasteiger partial charge in [0, 0.05) is 42.2 Å². The summed E-state index contributed by atoms with van der Waals surface area (Å²) in [6.45, 7) is 2.21. The number of aromatic nitrogens is 1. The topological polar surface area (TPSA) is 36.4 Å². The van der Waals surface area contributed by atoms with Crippen molar-refractivity contribution in [2.24, 2.45) is 0 Å². The molecular weight excluding hydrogens is 425 g/mol. The van der Waals surface area contributed by atoms with Crippen LogP contribution in [0.15, 0.2) is 78.9 Å². The molecule has 0 saturated carbocycles. The van der Waals surface area contributed by atoms with Crippen molar-refractivity contribution in [3.05, 3.63) is 95.3 Å². The summed E-state index contributed by atoms with van der Waals surface area (Å²) >= 11 is 6.18. The molecule has 0 radical (unpaired) electrons. The van der Waals surface area contributed by atoms with Gasteiger partial charge in [0.2, 0.25) is 0 Å². The van der Waals surface area contributed by atoms with Gasteiger partial charge in [0.05, 0.1) is 22.5 Å². The smallest absolute Gasteiger partial charge is 0.254 e. The molecular formula is C26H21ClFN3O. The number of amides is 1. The van der Waals surface area contributed by atoms with Gasteiger partial charge in [0.25, 0.3) is 5.91 Å². The van der Waals surface area contributed by atoms with Gasteiger partial charge < -0.3 is 9.80 Å². The van der Waals surface area contributed by atoms with Crippen molar-refractivity contribution in [3.63, 3.8) is 0 Å². The van der Waals surface area contributed by atoms with Gasteiger partial charge in [0.1, 0.15) is 5.82 Å². The Labute approximate surface area is 190 Å². The van der Waals surface area contributed by atoms with E-state index in [1.54, 1.807) is 12.1 Å². The molecule has 0 atom stereocenters. The van der Waals surface area contributed by atoms with E-state index in [0.717, 1.165) is 16.5 Å². The fourth-order valence-corrected chi connectivity index (χ4v) is 4.37. The summed E-state index contributed by atoms with van der Waals surface area (Å²) in [5.41, 5.74) is 3.53. The van der Waals surface area contributed by atoms with Crippen LogP contribution in [0.3, 0.4) is 0 Å². The number of halogens is 2. The van der Waals surface area contributed by atoms with Gasteiger partial charge in [-0.05, 0) is 36.4 Å². The van der Waals surface area contributed by atoms with E-state index in [9.17, 15) is 9.18 Å². The summed E-state index contributed by atoms with van der Waals surface area (Å²) in [5.74, 6) is -0.279. The van der Waals surface area contributed by atoms with E-state index in [4.69, 9.17) is 16.6 Å². The molecule has 6 heteroatoms. The molecule has 1 amide bonds. The number of anilines is 1. The molecule has 1 aromatic heterocycles. The third-order valence-electron chi connectivity index (χ3n) is 5.83. The number of benzene rings is 3. The molecule has 1 saturated heterocycles. The average Bonchev–Trinajstić information content (AvgIpc) is 2.83. The maximum Gasteiger partial charge on any atom is 0.254 e. The monoisotopic (exact) mass is 445 g/mol. The normalized spacial score (nSPS) is 14.1. The molecule has 0 unspecified atom stereocenters. The summed E-state index contributed by atoms with van der Waals surface area (Å²) in [4.78, 5) is 22.1. The summed E-state index contributed by atoms with van der Waals surface area (Å²) < 4.78 is 14.2. The van der Waals surface area contributed by atoms with Crippen molar-refractivity contribution in [2.45, 2.75) is 0 Å². The zero-order valence-corrected chi connectivity index (χ0v) is 18.1. The van der Waals surface area contributed by atoms with Crippen molar-refractivity contribution in [1.29, 1.82) is 0 Å². The fraction of sp³-hybridized carbons (Fsp3) is 0.154. The lowest BCUT2D eigenvalue weighted by Crippen LogP contribution is -2.49. The van der Waals surface area contributed by atoms with E-state index in [0.29, 0.717) is 48.1 Å². The highest BCUT2D eigenvalue weighted by Crippen LogP contribution is 2.28. The number of fused-ring (bicyclic) bond motifs is 1. The van der Waals surface area contributed by atoms with Crippen LogP contribution in [0.1, 0.15) is 10.4 Å². The molecule has 1 aliphatic rings. The van der Waals surface area contributed by atoms with Crippen molar-refractivity contribution in [1.82, 2.24) is 9.88 Å². The number of hydrogen-bond acceptors (Lipinski definition) is 3. The van der Waals surface area contributed by atoms with Crippen LogP contribution in [-0.4, -0.2) is 42.0 Å². The Morgan fingerprint density at radius 3 is 2.41 bits per heavy atom. The minimum atomic E-state index is -0.237. The first kappa shape index (κ1) is 20.5. The molecule has 4 nitrogen and oxygen atoms in total. The van der Waals surface area contributed by atoms with E-state index in [1.165, 1.54) is 6.07 Å². The second-order valence-electron chi connectivity index (χ2n) is 7.81. The molecule has 2 heterocycles. The molecule has 0 N–H and O–H groups in total. The molecule has 0 spiro atoms. The zero-order chi connectivity index (χ0) is 22.1. The van der Waals surface area contributed by atoms with E-state index in [-0.39, 0.29) is 11.7 Å². The van der Waals surface area contributed by atoms with Gasteiger partial charge in [-0.3, -0.25) is 4.79 Å². The van der Waals surface area contributed by atoms with Crippen LogP contribution in [0.2, 0.25) is 5.02 Å². The Balaban J connectivity index is 1.45. The van der Waals surface area contributed by atoms with E-state index in [1.807, 2.05) is 70.5 Å². The van der Waals surface area contributed by atoms with Crippen molar-refractivity contribution in [3.8, 4) is 11.3 Å². The number of hydrogen-bond donors (Lipinski definition) is 0. The Morgan fingerprint density at radius 1 is 0.875 bits per heavy atom. The minimum absolute atomic E-state index is 0.0416. The number of nitrogens with zero attached hydrogens (tertiary/aromatic N) is 3. The van der Waals surface area contributed by atoms with Crippen molar-refractivity contribution in [2.75, 3.05) is 31.1 Å². The standard InChI is InChI=1S/C26H21ClFN3O/c27-19-7-5-6-18(16-19)24-17-21(20-8-1-3-10-23(20)29-24)26(32)31-14-12-30(13-15-31)25-11-4-2-9-22(25)28/h1-11,16-17H,12-15H2. The van der Waals surface area contributed by atoms with Gasteiger partial charge in [0.15, 0.2) is 0 Å². The van der Waals surface area contributed by atoms with Crippen LogP contribution >= 0.6 is 11.6 Å². The van der Waals surface area contributed by atoms with Gasteiger partial charge in [-0.15, -0.1) is 0 Å². The second kappa shape index (κ2) is 8.60. The molecule has 4 aromatic rings. The highest BCUT2D eigenvalue weighted by Gasteiger charge is 2.25. The maximum absolute atomic E-state index is 14.2. The molecule has 160 valence electrons. The highest BCUT2D eigenvalue weighted by molar-refractivity contribution is 6.30. The molecule has 5 rings (SSSR count). The van der Waals surface area contributed by atoms with E-state index >= 15 is 0 Å². The summed E-state index contributed by atoms with van der Waals surface area (Å²) in [6, 6.07) is 23.7. The number of carbonyl (C=O) groups is 1. The van der Waals surface area contributed by atoms with Crippen LogP contribution < -0.4 is 4.90 Å². The summed E-state index contributed by atoms with van der Waals surface area (Å²) in [7, 11) is 0. The Kier molecular flexibility index (Phi) is 5.50. The predicted octanol–water partition coefficient (Wildman–Crippen LogP) is 5.66. The van der Waals surface area contributed by atoms with E-state index < -0.39 is 0 Å². The number of piperazine rings is 1. The first-order chi connectivity index (χ1) is 15.6. The first-order valence-electron chi connectivity index (χ1n) is 10.5. The van der Waals surface area contributed by atoms with Gasteiger partial charge in [-0.1, -0.05) is 54.1 Å². The van der Waals surface area contributed by atoms with Crippen LogP contribution in [-0.2, 0) is 0 Å². The lowest BCUT2D eigenvalue weighted by molar-refractivity contribution is 0.0748. The van der Waals surface area contributed by atoms with Crippen molar-refractivity contribution < 1.29 is 9.18 Å². The third-order valence-corrected chi connectivity index (χ3v) is 6.06. The molecule has 3 aromatic carbocycles. The molecule has 1 fully saturated rings. The lowest BCUT2D eigenvalue weighted by atomic mass is 10.0. The Morgan fingerprint density at radius 2 is 1.62 bits per heavy atom. The Bertz CT molecular complexity index is 1300. The number of carbonyl (C=O) groups excluding carboxylic acids is 1. The largest absolute Gasteiger partial charge is 0.366 e.